The highest BCUT2D eigenvalue weighted by atomic mass is 32.1. The largest absolute Gasteiger partial charge is 0.479 e. The van der Waals surface area contributed by atoms with Crippen LogP contribution in [0.4, 0.5) is 0 Å². The van der Waals surface area contributed by atoms with Crippen molar-refractivity contribution in [3.63, 3.8) is 0 Å². The molecule has 0 spiro atoms. The smallest absolute Gasteiger partial charge is 0.331 e. The molecule has 0 saturated heterocycles. The lowest BCUT2D eigenvalue weighted by Gasteiger charge is -2.19. The van der Waals surface area contributed by atoms with Crippen LogP contribution < -0.4 is 5.32 Å². The molecule has 0 aliphatic heterocycles. The predicted octanol–water partition coefficient (Wildman–Crippen LogP) is 2.43. The predicted molar refractivity (Wildman–Crippen MR) is 66.9 cm³/mol. The van der Waals surface area contributed by atoms with Gasteiger partial charge in [0.1, 0.15) is 0 Å². The molecule has 5 heteroatoms. The number of hydrogen-bond donors (Lipinski definition) is 2. The number of carbonyl (C=O) groups is 2. The topological polar surface area (TPSA) is 66.4 Å². The molecule has 1 amide bonds. The zero-order valence-corrected chi connectivity index (χ0v) is 11.0. The fourth-order valence-corrected chi connectivity index (χ4v) is 2.17. The summed E-state index contributed by atoms with van der Waals surface area (Å²) in [7, 11) is 0. The highest BCUT2D eigenvalue weighted by Crippen LogP contribution is 2.22. The third-order valence-corrected chi connectivity index (χ3v) is 3.01. The van der Waals surface area contributed by atoms with Gasteiger partial charge in [-0.3, -0.25) is 4.79 Å². The zero-order chi connectivity index (χ0) is 13.1. The molecule has 0 aliphatic carbocycles. The molecule has 1 aromatic rings. The van der Waals surface area contributed by atoms with Crippen molar-refractivity contribution in [3.05, 3.63) is 22.4 Å². The second kappa shape index (κ2) is 5.31. The number of aliphatic carboxylic acids is 1. The lowest BCUT2D eigenvalue weighted by atomic mass is 9.92. The van der Waals surface area contributed by atoms with Gasteiger partial charge < -0.3 is 10.4 Å². The maximum absolute atomic E-state index is 11.7. The molecule has 1 unspecified atom stereocenters. The van der Waals surface area contributed by atoms with Crippen LogP contribution in [-0.2, 0) is 9.59 Å². The minimum Gasteiger partial charge on any atom is -0.479 e. The Morgan fingerprint density at radius 3 is 2.53 bits per heavy atom. The lowest BCUT2D eigenvalue weighted by molar-refractivity contribution is -0.142. The van der Waals surface area contributed by atoms with Crippen LogP contribution in [0.3, 0.4) is 0 Å². The van der Waals surface area contributed by atoms with Gasteiger partial charge in [-0.05, 0) is 16.9 Å². The van der Waals surface area contributed by atoms with Crippen LogP contribution in [0.1, 0.15) is 38.1 Å². The molecule has 0 saturated carbocycles. The number of amides is 1. The van der Waals surface area contributed by atoms with E-state index < -0.39 is 12.0 Å². The first kappa shape index (κ1) is 13.7. The molecule has 2 N–H and O–H groups in total. The summed E-state index contributed by atoms with van der Waals surface area (Å²) in [4.78, 5) is 23.4. The number of carbonyl (C=O) groups excluding carboxylic acids is 1. The highest BCUT2D eigenvalue weighted by molar-refractivity contribution is 7.10. The molecule has 0 aliphatic rings. The van der Waals surface area contributed by atoms with E-state index in [0.29, 0.717) is 11.3 Å². The second-order valence-electron chi connectivity index (χ2n) is 5.09. The van der Waals surface area contributed by atoms with Gasteiger partial charge in [-0.25, -0.2) is 4.79 Å². The van der Waals surface area contributed by atoms with Crippen LogP contribution >= 0.6 is 11.3 Å². The Balaban J connectivity index is 2.69. The third-order valence-electron chi connectivity index (χ3n) is 2.07. The van der Waals surface area contributed by atoms with E-state index in [1.165, 1.54) is 11.3 Å². The van der Waals surface area contributed by atoms with Gasteiger partial charge in [0.25, 0.3) is 0 Å². The number of rotatable bonds is 4. The maximum atomic E-state index is 11.7. The fraction of sp³-hybridized carbons (Fsp3) is 0.500. The summed E-state index contributed by atoms with van der Waals surface area (Å²) in [5.41, 5.74) is -0.150. The minimum atomic E-state index is -1.03. The van der Waals surface area contributed by atoms with Gasteiger partial charge in [0.15, 0.2) is 6.04 Å². The van der Waals surface area contributed by atoms with E-state index in [1.807, 2.05) is 20.8 Å². The summed E-state index contributed by atoms with van der Waals surface area (Å²) >= 11 is 1.32. The van der Waals surface area contributed by atoms with Crippen molar-refractivity contribution < 1.29 is 14.7 Å². The van der Waals surface area contributed by atoms with Crippen molar-refractivity contribution >= 4 is 23.2 Å². The summed E-state index contributed by atoms with van der Waals surface area (Å²) in [6.07, 6.45) is 0.308. The monoisotopic (exact) mass is 255 g/mol. The molecule has 1 heterocycles. The normalized spacial score (nSPS) is 13.1. The van der Waals surface area contributed by atoms with Crippen LogP contribution in [0.5, 0.6) is 0 Å². The first-order chi connectivity index (χ1) is 7.79. The summed E-state index contributed by atoms with van der Waals surface area (Å²) < 4.78 is 0. The molecule has 0 bridgehead atoms. The van der Waals surface area contributed by atoms with Crippen molar-refractivity contribution in [2.45, 2.75) is 33.2 Å². The molecule has 1 atom stereocenters. The van der Waals surface area contributed by atoms with Gasteiger partial charge in [0.05, 0.1) is 0 Å². The Bertz CT molecular complexity index is 392. The van der Waals surface area contributed by atoms with Crippen molar-refractivity contribution in [2.75, 3.05) is 0 Å². The quantitative estimate of drug-likeness (QED) is 0.868. The van der Waals surface area contributed by atoms with Crippen molar-refractivity contribution in [3.8, 4) is 0 Å². The van der Waals surface area contributed by atoms with Crippen molar-refractivity contribution in [1.82, 2.24) is 5.32 Å². The molecule has 0 aromatic carbocycles. The summed E-state index contributed by atoms with van der Waals surface area (Å²) in [6, 6.07) is 2.54. The van der Waals surface area contributed by atoms with E-state index in [1.54, 1.807) is 17.5 Å². The van der Waals surface area contributed by atoms with Crippen molar-refractivity contribution in [1.29, 1.82) is 0 Å². The standard InChI is InChI=1S/C12H17NO3S/c1-12(2,3)7-9(14)13-10(11(15)16)8-5-4-6-17-8/h4-6,10H,7H2,1-3H3,(H,13,14)(H,15,16). The van der Waals surface area contributed by atoms with E-state index in [4.69, 9.17) is 5.11 Å². The number of thiophene rings is 1. The Hall–Kier alpha value is -1.36. The lowest BCUT2D eigenvalue weighted by Crippen LogP contribution is -2.35. The highest BCUT2D eigenvalue weighted by Gasteiger charge is 2.25. The fourth-order valence-electron chi connectivity index (χ4n) is 1.40. The molecule has 4 nitrogen and oxygen atoms in total. The average Bonchev–Trinajstić information content (AvgIpc) is 2.63. The molecular formula is C12H17NO3S. The first-order valence-corrected chi connectivity index (χ1v) is 6.23. The average molecular weight is 255 g/mol. The number of hydrogen-bond acceptors (Lipinski definition) is 3. The molecule has 0 radical (unpaired) electrons. The Morgan fingerprint density at radius 2 is 2.12 bits per heavy atom. The van der Waals surface area contributed by atoms with Gasteiger partial charge in [-0.1, -0.05) is 26.8 Å². The van der Waals surface area contributed by atoms with Gasteiger partial charge in [0.2, 0.25) is 5.91 Å². The Kier molecular flexibility index (Phi) is 4.28. The van der Waals surface area contributed by atoms with Gasteiger partial charge in [-0.2, -0.15) is 0 Å². The number of nitrogens with one attached hydrogen (secondary N) is 1. The molecule has 94 valence electrons. The molecule has 1 aromatic heterocycles. The second-order valence-corrected chi connectivity index (χ2v) is 6.07. The summed E-state index contributed by atoms with van der Waals surface area (Å²) in [5, 5.41) is 13.4. The van der Waals surface area contributed by atoms with E-state index in [-0.39, 0.29) is 11.3 Å². The number of carboxylic acid groups (broad SMARTS) is 1. The molecule has 1 rings (SSSR count). The van der Waals surface area contributed by atoms with Gasteiger partial charge in [0, 0.05) is 11.3 Å². The van der Waals surface area contributed by atoms with E-state index >= 15 is 0 Å². The zero-order valence-electron chi connectivity index (χ0n) is 10.2. The first-order valence-electron chi connectivity index (χ1n) is 5.35. The van der Waals surface area contributed by atoms with Gasteiger partial charge in [-0.15, -0.1) is 11.3 Å². The molecule has 0 fully saturated rings. The molecule has 17 heavy (non-hydrogen) atoms. The van der Waals surface area contributed by atoms with Crippen LogP contribution in [0, 0.1) is 5.41 Å². The minimum absolute atomic E-state index is 0.150. The van der Waals surface area contributed by atoms with Crippen LogP contribution in [-0.4, -0.2) is 17.0 Å². The van der Waals surface area contributed by atoms with Crippen LogP contribution in [0.2, 0.25) is 0 Å². The van der Waals surface area contributed by atoms with Crippen LogP contribution in [0.15, 0.2) is 17.5 Å². The van der Waals surface area contributed by atoms with E-state index in [2.05, 4.69) is 5.32 Å². The van der Waals surface area contributed by atoms with E-state index in [0.717, 1.165) is 0 Å². The molecular weight excluding hydrogens is 238 g/mol. The SMILES string of the molecule is CC(C)(C)CC(=O)NC(C(=O)O)c1cccs1. The summed E-state index contributed by atoms with van der Waals surface area (Å²) in [6.45, 7) is 5.81. The Labute approximate surface area is 105 Å². The third kappa shape index (κ3) is 4.56. The summed E-state index contributed by atoms with van der Waals surface area (Å²) in [5.74, 6) is -1.27. The van der Waals surface area contributed by atoms with Gasteiger partial charge >= 0.3 is 5.97 Å². The van der Waals surface area contributed by atoms with Crippen LogP contribution in [0.25, 0.3) is 0 Å². The number of carboxylic acids is 1. The maximum Gasteiger partial charge on any atom is 0.331 e. The Morgan fingerprint density at radius 1 is 1.47 bits per heavy atom. The van der Waals surface area contributed by atoms with E-state index in [9.17, 15) is 9.59 Å². The van der Waals surface area contributed by atoms with Crippen molar-refractivity contribution in [2.24, 2.45) is 5.41 Å².